The maximum absolute atomic E-state index is 13.7. The van der Waals surface area contributed by atoms with Gasteiger partial charge < -0.3 is 5.73 Å². The van der Waals surface area contributed by atoms with Crippen molar-refractivity contribution in [3.8, 4) is 11.1 Å². The predicted molar refractivity (Wildman–Crippen MR) is 64.4 cm³/mol. The van der Waals surface area contributed by atoms with Crippen LogP contribution >= 0.6 is 0 Å². The van der Waals surface area contributed by atoms with E-state index in [2.05, 4.69) is 0 Å². The highest BCUT2D eigenvalue weighted by atomic mass is 19.1. The van der Waals surface area contributed by atoms with Crippen molar-refractivity contribution in [2.75, 3.05) is 0 Å². The first-order valence-electron chi connectivity index (χ1n) is 5.37. The van der Waals surface area contributed by atoms with Crippen molar-refractivity contribution in [3.05, 3.63) is 59.2 Å². The highest BCUT2D eigenvalue weighted by molar-refractivity contribution is 5.68. The molecule has 0 aliphatic heterocycles. The van der Waals surface area contributed by atoms with Gasteiger partial charge in [-0.2, -0.15) is 0 Å². The fraction of sp³-hybridized carbons (Fsp3) is 0.143. The zero-order valence-electron chi connectivity index (χ0n) is 9.50. The Morgan fingerprint density at radius 1 is 1.00 bits per heavy atom. The maximum atomic E-state index is 13.7. The Morgan fingerprint density at radius 3 is 2.47 bits per heavy atom. The smallest absolute Gasteiger partial charge is 0.131 e. The van der Waals surface area contributed by atoms with E-state index in [0.29, 0.717) is 12.1 Å². The summed E-state index contributed by atoms with van der Waals surface area (Å²) >= 11 is 0. The van der Waals surface area contributed by atoms with E-state index in [0.717, 1.165) is 23.3 Å². The van der Waals surface area contributed by atoms with Crippen molar-refractivity contribution in [2.45, 2.75) is 13.5 Å². The normalized spacial score (nSPS) is 10.6. The Morgan fingerprint density at radius 2 is 1.76 bits per heavy atom. The highest BCUT2D eigenvalue weighted by Gasteiger charge is 2.10. The van der Waals surface area contributed by atoms with Gasteiger partial charge in [-0.1, -0.05) is 23.8 Å². The van der Waals surface area contributed by atoms with Crippen LogP contribution in [0.15, 0.2) is 36.4 Å². The average molecular weight is 233 g/mol. The van der Waals surface area contributed by atoms with Crippen LogP contribution in [-0.4, -0.2) is 0 Å². The van der Waals surface area contributed by atoms with Crippen molar-refractivity contribution >= 4 is 0 Å². The molecule has 2 aromatic rings. The molecule has 2 aromatic carbocycles. The number of aryl methyl sites for hydroxylation is 1. The van der Waals surface area contributed by atoms with Crippen LogP contribution in [0.5, 0.6) is 0 Å². The van der Waals surface area contributed by atoms with Gasteiger partial charge in [0.05, 0.1) is 0 Å². The molecule has 88 valence electrons. The van der Waals surface area contributed by atoms with Crippen molar-refractivity contribution in [3.63, 3.8) is 0 Å². The fourth-order valence-electron chi connectivity index (χ4n) is 1.82. The molecule has 0 amide bonds. The lowest BCUT2D eigenvalue weighted by Gasteiger charge is -2.10. The van der Waals surface area contributed by atoms with E-state index in [4.69, 9.17) is 5.73 Å². The summed E-state index contributed by atoms with van der Waals surface area (Å²) in [4.78, 5) is 0. The SMILES string of the molecule is Cc1ccc(CN)c(-c2cc(F)ccc2F)c1. The number of halogens is 2. The van der Waals surface area contributed by atoms with Crippen molar-refractivity contribution in [2.24, 2.45) is 5.73 Å². The minimum atomic E-state index is -0.453. The average Bonchev–Trinajstić information content (AvgIpc) is 2.32. The largest absolute Gasteiger partial charge is 0.326 e. The zero-order chi connectivity index (χ0) is 12.4. The van der Waals surface area contributed by atoms with Crippen molar-refractivity contribution in [1.29, 1.82) is 0 Å². The molecule has 0 saturated carbocycles. The van der Waals surface area contributed by atoms with Crippen LogP contribution in [0.2, 0.25) is 0 Å². The third kappa shape index (κ3) is 2.34. The number of rotatable bonds is 2. The van der Waals surface area contributed by atoms with Gasteiger partial charge in [0.25, 0.3) is 0 Å². The third-order valence-electron chi connectivity index (χ3n) is 2.70. The van der Waals surface area contributed by atoms with Crippen LogP contribution in [0, 0.1) is 18.6 Å². The van der Waals surface area contributed by atoms with Crippen LogP contribution in [-0.2, 0) is 6.54 Å². The van der Waals surface area contributed by atoms with E-state index in [9.17, 15) is 8.78 Å². The van der Waals surface area contributed by atoms with E-state index >= 15 is 0 Å². The molecule has 0 aliphatic carbocycles. The molecule has 0 bridgehead atoms. The summed E-state index contributed by atoms with van der Waals surface area (Å²) in [5.41, 5.74) is 8.32. The number of hydrogen-bond donors (Lipinski definition) is 1. The number of hydrogen-bond acceptors (Lipinski definition) is 1. The first-order valence-corrected chi connectivity index (χ1v) is 5.37. The standard InChI is InChI=1S/C14H13F2N/c1-9-2-3-10(8-17)12(6-9)13-7-11(15)4-5-14(13)16/h2-7H,8,17H2,1H3. The Hall–Kier alpha value is -1.74. The van der Waals surface area contributed by atoms with Gasteiger partial charge in [0.1, 0.15) is 11.6 Å². The Bertz CT molecular complexity index is 550. The first kappa shape index (κ1) is 11.7. The molecule has 0 saturated heterocycles. The molecule has 0 heterocycles. The van der Waals surface area contributed by atoms with Gasteiger partial charge in [0.15, 0.2) is 0 Å². The fourth-order valence-corrected chi connectivity index (χ4v) is 1.82. The Kier molecular flexibility index (Phi) is 3.20. The molecule has 3 heteroatoms. The van der Waals surface area contributed by atoms with E-state index in [1.165, 1.54) is 6.07 Å². The van der Waals surface area contributed by atoms with Gasteiger partial charge in [-0.25, -0.2) is 8.78 Å². The molecule has 2 N–H and O–H groups in total. The molecule has 0 spiro atoms. The van der Waals surface area contributed by atoms with Gasteiger partial charge >= 0.3 is 0 Å². The second-order valence-electron chi connectivity index (χ2n) is 3.99. The van der Waals surface area contributed by atoms with Gasteiger partial charge in [0, 0.05) is 12.1 Å². The molecular weight excluding hydrogens is 220 g/mol. The molecule has 1 nitrogen and oxygen atoms in total. The van der Waals surface area contributed by atoms with Crippen LogP contribution in [0.3, 0.4) is 0 Å². The minimum Gasteiger partial charge on any atom is -0.326 e. The summed E-state index contributed by atoms with van der Waals surface area (Å²) in [5, 5.41) is 0. The van der Waals surface area contributed by atoms with Crippen molar-refractivity contribution in [1.82, 2.24) is 0 Å². The molecule has 0 fully saturated rings. The second-order valence-corrected chi connectivity index (χ2v) is 3.99. The summed E-state index contributed by atoms with van der Waals surface area (Å²) < 4.78 is 26.9. The Labute approximate surface area is 98.9 Å². The highest BCUT2D eigenvalue weighted by Crippen LogP contribution is 2.28. The lowest BCUT2D eigenvalue weighted by Crippen LogP contribution is -2.00. The van der Waals surface area contributed by atoms with Crippen LogP contribution in [0.4, 0.5) is 8.78 Å². The van der Waals surface area contributed by atoms with Gasteiger partial charge in [-0.05, 0) is 36.2 Å². The van der Waals surface area contributed by atoms with Gasteiger partial charge in [0.2, 0.25) is 0 Å². The summed E-state index contributed by atoms with van der Waals surface area (Å²) in [7, 11) is 0. The molecule has 2 rings (SSSR count). The first-order chi connectivity index (χ1) is 8.11. The van der Waals surface area contributed by atoms with Crippen LogP contribution in [0.1, 0.15) is 11.1 Å². The van der Waals surface area contributed by atoms with Gasteiger partial charge in [-0.3, -0.25) is 0 Å². The minimum absolute atomic E-state index is 0.258. The lowest BCUT2D eigenvalue weighted by atomic mass is 9.97. The number of nitrogens with two attached hydrogens (primary N) is 1. The van der Waals surface area contributed by atoms with E-state index < -0.39 is 11.6 Å². The molecule has 0 aliphatic rings. The van der Waals surface area contributed by atoms with Crippen molar-refractivity contribution < 1.29 is 8.78 Å². The van der Waals surface area contributed by atoms with Crippen LogP contribution < -0.4 is 5.73 Å². The second kappa shape index (κ2) is 4.63. The lowest BCUT2D eigenvalue weighted by molar-refractivity contribution is 0.603. The summed E-state index contributed by atoms with van der Waals surface area (Å²) in [6.45, 7) is 2.20. The van der Waals surface area contributed by atoms with E-state index in [-0.39, 0.29) is 5.56 Å². The Balaban J connectivity index is 2.66. The predicted octanol–water partition coefficient (Wildman–Crippen LogP) is 3.40. The molecule has 0 aromatic heterocycles. The van der Waals surface area contributed by atoms with Gasteiger partial charge in [-0.15, -0.1) is 0 Å². The maximum Gasteiger partial charge on any atom is 0.131 e. The molecule has 0 unspecified atom stereocenters. The summed E-state index contributed by atoms with van der Waals surface area (Å²) in [6, 6.07) is 9.01. The monoisotopic (exact) mass is 233 g/mol. The van der Waals surface area contributed by atoms with E-state index in [1.807, 2.05) is 25.1 Å². The molecule has 17 heavy (non-hydrogen) atoms. The zero-order valence-corrected chi connectivity index (χ0v) is 9.50. The molecule has 0 atom stereocenters. The summed E-state index contributed by atoms with van der Waals surface area (Å²) in [6.07, 6.45) is 0. The third-order valence-corrected chi connectivity index (χ3v) is 2.70. The number of benzene rings is 2. The molecular formula is C14H13F2N. The topological polar surface area (TPSA) is 26.0 Å². The molecule has 0 radical (unpaired) electrons. The van der Waals surface area contributed by atoms with E-state index in [1.54, 1.807) is 0 Å². The quantitative estimate of drug-likeness (QED) is 0.845. The van der Waals surface area contributed by atoms with Crippen LogP contribution in [0.25, 0.3) is 11.1 Å². The summed E-state index contributed by atoms with van der Waals surface area (Å²) in [5.74, 6) is -0.891.